The van der Waals surface area contributed by atoms with Crippen LogP contribution in [-0.2, 0) is 0 Å². The predicted octanol–water partition coefficient (Wildman–Crippen LogP) is 2.80. The van der Waals surface area contributed by atoms with E-state index in [1.807, 2.05) is 7.05 Å². The molecule has 0 radical (unpaired) electrons. The number of guanidine groups is 1. The first-order valence-electron chi connectivity index (χ1n) is 9.10. The van der Waals surface area contributed by atoms with Crippen LogP contribution in [0, 0.1) is 0 Å². The first-order chi connectivity index (χ1) is 10.4. The molecule has 2 rings (SSSR count). The summed E-state index contributed by atoms with van der Waals surface area (Å²) in [5.41, 5.74) is 0. The van der Waals surface area contributed by atoms with Crippen LogP contribution in [0.5, 0.6) is 0 Å². The molecule has 0 aromatic rings. The molecule has 3 N–H and O–H groups in total. The molecule has 0 atom stereocenters. The highest BCUT2D eigenvalue weighted by molar-refractivity contribution is 5.80. The lowest BCUT2D eigenvalue weighted by atomic mass is 9.95. The van der Waals surface area contributed by atoms with Gasteiger partial charge in [0.25, 0.3) is 0 Å². The summed E-state index contributed by atoms with van der Waals surface area (Å²) in [5, 5.41) is 10.6. The highest BCUT2D eigenvalue weighted by Gasteiger charge is 2.18. The van der Waals surface area contributed by atoms with E-state index in [0.29, 0.717) is 12.1 Å². The Kier molecular flexibility index (Phi) is 7.94. The van der Waals surface area contributed by atoms with Gasteiger partial charge in [-0.25, -0.2) is 0 Å². The zero-order chi connectivity index (χ0) is 14.8. The topological polar surface area (TPSA) is 48.5 Å². The molecule has 2 saturated carbocycles. The first kappa shape index (κ1) is 16.6. The average Bonchev–Trinajstić information content (AvgIpc) is 2.53. The number of hydrogen-bond acceptors (Lipinski definition) is 2. The van der Waals surface area contributed by atoms with E-state index < -0.39 is 0 Å². The van der Waals surface area contributed by atoms with Gasteiger partial charge in [0.1, 0.15) is 0 Å². The molecule has 2 fully saturated rings. The first-order valence-corrected chi connectivity index (χ1v) is 9.10. The molecule has 4 nitrogen and oxygen atoms in total. The highest BCUT2D eigenvalue weighted by Crippen LogP contribution is 2.19. The van der Waals surface area contributed by atoms with Gasteiger partial charge in [0, 0.05) is 18.6 Å². The van der Waals surface area contributed by atoms with Gasteiger partial charge in [-0.15, -0.1) is 0 Å². The zero-order valence-corrected chi connectivity index (χ0v) is 13.8. The standard InChI is InChI=1S/C17H34N4/c1-18-13-8-14-19-17(20-15-9-4-2-5-10-15)21-16-11-6-3-7-12-16/h15-16,18H,2-14H2,1H3,(H2,19,20,21). The van der Waals surface area contributed by atoms with Gasteiger partial charge >= 0.3 is 0 Å². The Balaban J connectivity index is 1.81. The third-order valence-corrected chi connectivity index (χ3v) is 4.75. The van der Waals surface area contributed by atoms with Crippen molar-refractivity contribution in [2.45, 2.75) is 82.7 Å². The quantitative estimate of drug-likeness (QED) is 0.401. The SMILES string of the molecule is CNCCCN=C(NC1CCCCC1)NC1CCCCC1. The van der Waals surface area contributed by atoms with Gasteiger partial charge in [-0.05, 0) is 45.7 Å². The van der Waals surface area contributed by atoms with Gasteiger partial charge in [0.05, 0.1) is 0 Å². The van der Waals surface area contributed by atoms with Crippen molar-refractivity contribution in [2.24, 2.45) is 4.99 Å². The molecule has 0 aliphatic heterocycles. The third kappa shape index (κ3) is 6.68. The maximum Gasteiger partial charge on any atom is 0.191 e. The fourth-order valence-electron chi connectivity index (χ4n) is 3.46. The van der Waals surface area contributed by atoms with Gasteiger partial charge in [-0.2, -0.15) is 0 Å². The van der Waals surface area contributed by atoms with Crippen LogP contribution in [0.15, 0.2) is 4.99 Å². The lowest BCUT2D eigenvalue weighted by Crippen LogP contribution is -2.48. The number of rotatable bonds is 6. The monoisotopic (exact) mass is 294 g/mol. The van der Waals surface area contributed by atoms with E-state index in [-0.39, 0.29) is 0 Å². The minimum Gasteiger partial charge on any atom is -0.354 e. The largest absolute Gasteiger partial charge is 0.354 e. The van der Waals surface area contributed by atoms with Crippen LogP contribution in [0.25, 0.3) is 0 Å². The molecule has 2 aliphatic rings. The van der Waals surface area contributed by atoms with Crippen LogP contribution in [-0.4, -0.2) is 38.2 Å². The summed E-state index contributed by atoms with van der Waals surface area (Å²) < 4.78 is 0. The molecule has 0 aromatic carbocycles. The molecule has 0 saturated heterocycles. The predicted molar refractivity (Wildman–Crippen MR) is 90.9 cm³/mol. The Hall–Kier alpha value is -0.770. The molecular weight excluding hydrogens is 260 g/mol. The lowest BCUT2D eigenvalue weighted by molar-refractivity contribution is 0.388. The zero-order valence-electron chi connectivity index (χ0n) is 13.8. The molecule has 21 heavy (non-hydrogen) atoms. The fraction of sp³-hybridized carbons (Fsp3) is 0.941. The van der Waals surface area contributed by atoms with Crippen LogP contribution in [0.4, 0.5) is 0 Å². The van der Waals surface area contributed by atoms with E-state index in [1.54, 1.807) is 0 Å². The Morgan fingerprint density at radius 1 is 0.857 bits per heavy atom. The van der Waals surface area contributed by atoms with Crippen molar-refractivity contribution < 1.29 is 0 Å². The summed E-state index contributed by atoms with van der Waals surface area (Å²) in [5.74, 6) is 1.07. The van der Waals surface area contributed by atoms with Crippen LogP contribution >= 0.6 is 0 Å². The van der Waals surface area contributed by atoms with E-state index >= 15 is 0 Å². The Bertz CT molecular complexity index is 269. The molecule has 0 aromatic heterocycles. The van der Waals surface area contributed by atoms with Crippen LogP contribution < -0.4 is 16.0 Å². The van der Waals surface area contributed by atoms with E-state index in [4.69, 9.17) is 4.99 Å². The molecule has 4 heteroatoms. The Morgan fingerprint density at radius 2 is 1.38 bits per heavy atom. The van der Waals surface area contributed by atoms with E-state index in [0.717, 1.165) is 25.5 Å². The van der Waals surface area contributed by atoms with Crippen molar-refractivity contribution >= 4 is 5.96 Å². The molecular formula is C17H34N4. The van der Waals surface area contributed by atoms with Crippen molar-refractivity contribution in [1.82, 2.24) is 16.0 Å². The van der Waals surface area contributed by atoms with Crippen molar-refractivity contribution in [3.63, 3.8) is 0 Å². The summed E-state index contributed by atoms with van der Waals surface area (Å²) in [7, 11) is 2.01. The van der Waals surface area contributed by atoms with Gasteiger partial charge < -0.3 is 16.0 Å². The molecule has 0 bridgehead atoms. The number of hydrogen-bond donors (Lipinski definition) is 3. The second-order valence-electron chi connectivity index (χ2n) is 6.65. The van der Waals surface area contributed by atoms with Gasteiger partial charge in [-0.1, -0.05) is 38.5 Å². The minimum absolute atomic E-state index is 0.637. The van der Waals surface area contributed by atoms with Crippen molar-refractivity contribution in [1.29, 1.82) is 0 Å². The van der Waals surface area contributed by atoms with Gasteiger partial charge in [0.2, 0.25) is 0 Å². The fourth-order valence-corrected chi connectivity index (χ4v) is 3.46. The molecule has 0 heterocycles. The van der Waals surface area contributed by atoms with E-state index in [2.05, 4.69) is 16.0 Å². The van der Waals surface area contributed by atoms with Crippen LogP contribution in [0.1, 0.15) is 70.6 Å². The second kappa shape index (κ2) is 10.0. The van der Waals surface area contributed by atoms with Crippen molar-refractivity contribution in [3.05, 3.63) is 0 Å². The van der Waals surface area contributed by atoms with E-state index in [9.17, 15) is 0 Å². The van der Waals surface area contributed by atoms with Gasteiger partial charge in [-0.3, -0.25) is 4.99 Å². The van der Waals surface area contributed by atoms with Crippen molar-refractivity contribution in [2.75, 3.05) is 20.1 Å². The number of aliphatic imine (C=N–C) groups is 1. The smallest absolute Gasteiger partial charge is 0.191 e. The molecule has 0 spiro atoms. The van der Waals surface area contributed by atoms with Crippen LogP contribution in [0.3, 0.4) is 0 Å². The van der Waals surface area contributed by atoms with Gasteiger partial charge in [0.15, 0.2) is 5.96 Å². The molecule has 0 unspecified atom stereocenters. The summed E-state index contributed by atoms with van der Waals surface area (Å²) >= 11 is 0. The summed E-state index contributed by atoms with van der Waals surface area (Å²) in [6.45, 7) is 1.96. The number of nitrogens with zero attached hydrogens (tertiary/aromatic N) is 1. The minimum atomic E-state index is 0.637. The lowest BCUT2D eigenvalue weighted by Gasteiger charge is -2.29. The molecule has 122 valence electrons. The third-order valence-electron chi connectivity index (χ3n) is 4.75. The maximum absolute atomic E-state index is 4.80. The Morgan fingerprint density at radius 3 is 1.86 bits per heavy atom. The molecule has 0 amide bonds. The molecule has 2 aliphatic carbocycles. The summed E-state index contributed by atoms with van der Waals surface area (Å²) in [6, 6.07) is 1.27. The second-order valence-corrected chi connectivity index (χ2v) is 6.65. The summed E-state index contributed by atoms with van der Waals surface area (Å²) in [4.78, 5) is 4.80. The average molecular weight is 294 g/mol. The maximum atomic E-state index is 4.80. The van der Waals surface area contributed by atoms with Crippen molar-refractivity contribution in [3.8, 4) is 0 Å². The Labute approximate surface area is 130 Å². The van der Waals surface area contributed by atoms with E-state index in [1.165, 1.54) is 64.2 Å². The highest BCUT2D eigenvalue weighted by atomic mass is 15.2. The van der Waals surface area contributed by atoms with Crippen LogP contribution in [0.2, 0.25) is 0 Å². The normalized spacial score (nSPS) is 21.0. The number of nitrogens with one attached hydrogen (secondary N) is 3. The summed E-state index contributed by atoms with van der Waals surface area (Å²) in [6.07, 6.45) is 14.6.